The maximum Gasteiger partial charge on any atom is 0.337 e. The molecular formula is C17H20IN2O3P. The number of nitrogens with zero attached hydrogens (tertiary/aromatic N) is 2. The van der Waals surface area contributed by atoms with Crippen molar-refractivity contribution in [1.29, 1.82) is 0 Å². The van der Waals surface area contributed by atoms with E-state index in [1.54, 1.807) is 6.92 Å². The van der Waals surface area contributed by atoms with Crippen molar-refractivity contribution in [2.75, 3.05) is 6.61 Å². The quantitative estimate of drug-likeness (QED) is 0.407. The van der Waals surface area contributed by atoms with Crippen molar-refractivity contribution < 1.29 is 14.6 Å². The first-order valence-corrected chi connectivity index (χ1v) is 12.0. The summed E-state index contributed by atoms with van der Waals surface area (Å²) in [5.41, 5.74) is 4.00. The molecule has 0 bridgehead atoms. The molecule has 0 saturated heterocycles. The Morgan fingerprint density at radius 1 is 1.54 bits per heavy atom. The fourth-order valence-electron chi connectivity index (χ4n) is 3.45. The molecule has 2 aromatic rings. The molecule has 0 amide bonds. The first-order valence-electron chi connectivity index (χ1n) is 7.98. The average molecular weight is 458 g/mol. The molecule has 128 valence electrons. The number of halogens is 1. The zero-order valence-corrected chi connectivity index (χ0v) is 16.8. The molecule has 0 saturated carbocycles. The maximum absolute atomic E-state index is 11.9. The normalized spacial score (nSPS) is 18.7. The van der Waals surface area contributed by atoms with Crippen LogP contribution in [0.4, 0.5) is 0 Å². The first-order chi connectivity index (χ1) is 11.6. The third kappa shape index (κ3) is 3.18. The van der Waals surface area contributed by atoms with Gasteiger partial charge in [-0.3, -0.25) is 0 Å². The number of hydrogen-bond donors (Lipinski definition) is 1. The third-order valence-corrected chi connectivity index (χ3v) is 6.44. The molecule has 1 N–H and O–H groups in total. The van der Waals surface area contributed by atoms with Crippen LogP contribution in [-0.2, 0) is 9.53 Å². The number of aliphatic hydroxyl groups is 1. The van der Waals surface area contributed by atoms with Crippen LogP contribution in [0.2, 0.25) is 0 Å². The van der Waals surface area contributed by atoms with Gasteiger partial charge in [-0.05, 0) is 71.8 Å². The standard InChI is InChI=1S/C17H20IN2O3P/c1-3-23-17(22)12-6-5-11(8-15(12)21)16-10(2)4-7-14-13(16)9-19-20(14)24-18/h4,7,9,11,21,24H,3,5-6,8H2,1-2H3. The largest absolute Gasteiger partial charge is 0.512 e. The molecule has 1 aromatic heterocycles. The number of fused-ring (bicyclic) bond motifs is 1. The number of aliphatic hydroxyl groups excluding tert-OH is 1. The number of aromatic nitrogens is 2. The Labute approximate surface area is 155 Å². The van der Waals surface area contributed by atoms with Gasteiger partial charge in [0, 0.05) is 11.8 Å². The van der Waals surface area contributed by atoms with E-state index in [0.29, 0.717) is 31.4 Å². The minimum Gasteiger partial charge on any atom is -0.512 e. The molecular weight excluding hydrogens is 438 g/mol. The van der Waals surface area contributed by atoms with Crippen molar-refractivity contribution in [3.8, 4) is 0 Å². The van der Waals surface area contributed by atoms with Crippen molar-refractivity contribution in [3.63, 3.8) is 0 Å². The van der Waals surface area contributed by atoms with Gasteiger partial charge in [-0.15, -0.1) is 0 Å². The maximum atomic E-state index is 11.9. The zero-order chi connectivity index (χ0) is 17.3. The van der Waals surface area contributed by atoms with Crippen molar-refractivity contribution in [2.45, 2.75) is 39.0 Å². The molecule has 1 aromatic carbocycles. The number of benzene rings is 1. The number of esters is 1. The van der Waals surface area contributed by atoms with Crippen LogP contribution in [0.1, 0.15) is 43.2 Å². The van der Waals surface area contributed by atoms with E-state index in [9.17, 15) is 9.90 Å². The van der Waals surface area contributed by atoms with E-state index >= 15 is 0 Å². The lowest BCUT2D eigenvalue weighted by Crippen LogP contribution is -2.17. The lowest BCUT2D eigenvalue weighted by atomic mass is 9.80. The lowest BCUT2D eigenvalue weighted by molar-refractivity contribution is -0.139. The molecule has 0 aliphatic heterocycles. The summed E-state index contributed by atoms with van der Waals surface area (Å²) in [6, 6.07) is 4.23. The summed E-state index contributed by atoms with van der Waals surface area (Å²) >= 11 is 2.32. The van der Waals surface area contributed by atoms with Gasteiger partial charge in [-0.2, -0.15) is 5.10 Å². The second kappa shape index (κ2) is 7.40. The van der Waals surface area contributed by atoms with Crippen LogP contribution in [0.25, 0.3) is 10.9 Å². The minimum absolute atomic E-state index is 0.171. The van der Waals surface area contributed by atoms with Crippen LogP contribution in [0.5, 0.6) is 0 Å². The van der Waals surface area contributed by atoms with E-state index < -0.39 is 0 Å². The SMILES string of the molecule is CCOC(=O)C1=C(O)CC(c2c(C)ccc3c2cnn3PI)CC1. The molecule has 1 aliphatic carbocycles. The number of allylic oxidation sites excluding steroid dienone is 1. The van der Waals surface area contributed by atoms with Gasteiger partial charge < -0.3 is 9.84 Å². The highest BCUT2D eigenvalue weighted by molar-refractivity contribution is 14.2. The van der Waals surface area contributed by atoms with Crippen molar-refractivity contribution >= 4 is 45.3 Å². The van der Waals surface area contributed by atoms with Crippen LogP contribution >= 0.6 is 28.4 Å². The molecule has 5 nitrogen and oxygen atoms in total. The Balaban J connectivity index is 1.97. The monoisotopic (exact) mass is 458 g/mol. The number of hydrogen-bond acceptors (Lipinski definition) is 4. The second-order valence-corrected chi connectivity index (χ2v) is 8.00. The summed E-state index contributed by atoms with van der Waals surface area (Å²) < 4.78 is 7.04. The average Bonchev–Trinajstić information content (AvgIpc) is 2.97. The van der Waals surface area contributed by atoms with E-state index in [4.69, 9.17) is 4.74 Å². The molecule has 3 rings (SSSR count). The van der Waals surface area contributed by atoms with Gasteiger partial charge in [0.2, 0.25) is 0 Å². The highest BCUT2D eigenvalue weighted by Gasteiger charge is 2.29. The topological polar surface area (TPSA) is 64.3 Å². The van der Waals surface area contributed by atoms with Crippen molar-refractivity contribution in [3.05, 3.63) is 40.8 Å². The van der Waals surface area contributed by atoms with E-state index in [1.807, 2.05) is 10.6 Å². The summed E-state index contributed by atoms with van der Waals surface area (Å²) in [4.78, 5) is 11.9. The van der Waals surface area contributed by atoms with Crippen molar-refractivity contribution in [1.82, 2.24) is 9.55 Å². The predicted octanol–water partition coefficient (Wildman–Crippen LogP) is 4.78. The van der Waals surface area contributed by atoms with E-state index in [1.165, 1.54) is 11.1 Å². The Morgan fingerprint density at radius 2 is 2.33 bits per heavy atom. The van der Waals surface area contributed by atoms with Gasteiger partial charge in [-0.25, -0.2) is 9.25 Å². The summed E-state index contributed by atoms with van der Waals surface area (Å²) in [7, 11) is 0. The Kier molecular flexibility index (Phi) is 5.45. The number of rotatable bonds is 4. The number of ether oxygens (including phenoxy) is 1. The van der Waals surface area contributed by atoms with E-state index in [0.717, 1.165) is 17.3 Å². The first kappa shape index (κ1) is 17.7. The van der Waals surface area contributed by atoms with E-state index in [2.05, 4.69) is 46.2 Å². The Bertz CT molecular complexity index is 816. The molecule has 0 spiro atoms. The molecule has 2 atom stereocenters. The predicted molar refractivity (Wildman–Crippen MR) is 105 cm³/mol. The number of aryl methyl sites for hydroxylation is 1. The molecule has 0 fully saturated rings. The highest BCUT2D eigenvalue weighted by Crippen LogP contribution is 2.41. The van der Waals surface area contributed by atoms with E-state index in [-0.39, 0.29) is 17.6 Å². The smallest absolute Gasteiger partial charge is 0.337 e. The molecule has 0 radical (unpaired) electrons. The Morgan fingerprint density at radius 3 is 3.00 bits per heavy atom. The number of carbonyl (C=O) groups excluding carboxylic acids is 1. The van der Waals surface area contributed by atoms with Gasteiger partial charge in [0.05, 0.1) is 30.3 Å². The van der Waals surface area contributed by atoms with Crippen LogP contribution in [0.15, 0.2) is 29.7 Å². The van der Waals surface area contributed by atoms with Gasteiger partial charge in [-0.1, -0.05) is 6.07 Å². The summed E-state index contributed by atoms with van der Waals surface area (Å²) in [6.45, 7) is 4.20. The van der Waals surface area contributed by atoms with Crippen LogP contribution in [0, 0.1) is 6.92 Å². The lowest BCUT2D eigenvalue weighted by Gasteiger charge is -2.25. The van der Waals surface area contributed by atoms with Crippen LogP contribution in [0.3, 0.4) is 0 Å². The third-order valence-electron chi connectivity index (χ3n) is 4.55. The van der Waals surface area contributed by atoms with Crippen LogP contribution < -0.4 is 0 Å². The fraction of sp³-hybridized carbons (Fsp3) is 0.412. The second-order valence-electron chi connectivity index (χ2n) is 5.96. The van der Waals surface area contributed by atoms with Gasteiger partial charge in [0.1, 0.15) is 5.76 Å². The fourth-order valence-corrected chi connectivity index (χ4v) is 4.99. The summed E-state index contributed by atoms with van der Waals surface area (Å²) in [6.07, 6.45) is 4.33. The highest BCUT2D eigenvalue weighted by atomic mass is 127. The molecule has 2 unspecified atom stereocenters. The van der Waals surface area contributed by atoms with Gasteiger partial charge in [0.25, 0.3) is 0 Å². The van der Waals surface area contributed by atoms with Gasteiger partial charge >= 0.3 is 5.97 Å². The molecule has 1 aliphatic rings. The summed E-state index contributed by atoms with van der Waals surface area (Å²) in [5.74, 6) is -0.0198. The molecule has 7 heteroatoms. The number of carbonyl (C=O) groups is 1. The Hall–Kier alpha value is -1.14. The zero-order valence-electron chi connectivity index (χ0n) is 13.7. The summed E-state index contributed by atoms with van der Waals surface area (Å²) in [5, 5.41) is 16.0. The minimum atomic E-state index is -0.387. The van der Waals surface area contributed by atoms with Gasteiger partial charge in [0.15, 0.2) is 0 Å². The van der Waals surface area contributed by atoms with Crippen molar-refractivity contribution in [2.24, 2.45) is 0 Å². The molecule has 1 heterocycles. The molecule has 24 heavy (non-hydrogen) atoms. The van der Waals surface area contributed by atoms with Crippen LogP contribution in [-0.4, -0.2) is 27.2 Å².